The van der Waals surface area contributed by atoms with Gasteiger partial charge in [-0.25, -0.2) is 4.98 Å². The molecule has 1 aliphatic heterocycles. The largest absolute Gasteiger partial charge is 0.481 e. The van der Waals surface area contributed by atoms with Crippen LogP contribution in [0.15, 0.2) is 5.38 Å². The molecular weight excluding hydrogens is 250 g/mol. The summed E-state index contributed by atoms with van der Waals surface area (Å²) in [7, 11) is 2.15. The lowest BCUT2D eigenvalue weighted by atomic mass is 9.99. The average Bonchev–Trinajstić information content (AvgIpc) is 2.73. The van der Waals surface area contributed by atoms with Crippen molar-refractivity contribution in [3.8, 4) is 0 Å². The highest BCUT2D eigenvalue weighted by atomic mass is 32.1. The second-order valence-electron chi connectivity index (χ2n) is 4.87. The molecule has 1 unspecified atom stereocenters. The van der Waals surface area contributed by atoms with Crippen LogP contribution in [0.4, 0.5) is 5.13 Å². The molecule has 0 saturated carbocycles. The van der Waals surface area contributed by atoms with E-state index in [2.05, 4.69) is 22.2 Å². The molecule has 1 atom stereocenters. The molecule has 0 aliphatic carbocycles. The second kappa shape index (κ2) is 6.15. The number of piperidine rings is 1. The number of nitrogens with one attached hydrogen (secondary N) is 1. The van der Waals surface area contributed by atoms with Gasteiger partial charge in [0.15, 0.2) is 5.13 Å². The summed E-state index contributed by atoms with van der Waals surface area (Å²) in [4.78, 5) is 17.2. The van der Waals surface area contributed by atoms with E-state index < -0.39 is 5.97 Å². The highest BCUT2D eigenvalue weighted by Gasteiger charge is 2.17. The lowest BCUT2D eigenvalue weighted by Crippen LogP contribution is -2.35. The van der Waals surface area contributed by atoms with Gasteiger partial charge >= 0.3 is 5.97 Å². The molecule has 100 valence electrons. The monoisotopic (exact) mass is 269 g/mol. The van der Waals surface area contributed by atoms with E-state index in [1.54, 1.807) is 0 Å². The predicted octanol–water partition coefficient (Wildman–Crippen LogP) is 1.52. The second-order valence-corrected chi connectivity index (χ2v) is 5.72. The minimum atomic E-state index is -0.833. The molecule has 0 amide bonds. The van der Waals surface area contributed by atoms with Crippen molar-refractivity contribution in [2.45, 2.75) is 19.3 Å². The number of anilines is 1. The summed E-state index contributed by atoms with van der Waals surface area (Å²) >= 11 is 1.48. The summed E-state index contributed by atoms with van der Waals surface area (Å²) in [5, 5.41) is 14.6. The Kier molecular flexibility index (Phi) is 4.54. The Balaban J connectivity index is 1.79. The van der Waals surface area contributed by atoms with E-state index in [0.29, 0.717) is 11.6 Å². The van der Waals surface area contributed by atoms with Gasteiger partial charge in [-0.1, -0.05) is 0 Å². The molecule has 1 saturated heterocycles. The number of thiazole rings is 1. The van der Waals surface area contributed by atoms with E-state index in [-0.39, 0.29) is 6.42 Å². The quantitative estimate of drug-likeness (QED) is 0.848. The summed E-state index contributed by atoms with van der Waals surface area (Å²) < 4.78 is 0. The molecular formula is C12H19N3O2S. The maximum atomic E-state index is 10.6. The van der Waals surface area contributed by atoms with Crippen LogP contribution in [0.2, 0.25) is 0 Å². The molecule has 2 N–H and O–H groups in total. The van der Waals surface area contributed by atoms with Crippen molar-refractivity contribution in [3.05, 3.63) is 11.1 Å². The van der Waals surface area contributed by atoms with Gasteiger partial charge in [-0.3, -0.25) is 4.79 Å². The minimum absolute atomic E-state index is 0.00431. The number of carboxylic acid groups (broad SMARTS) is 1. The summed E-state index contributed by atoms with van der Waals surface area (Å²) in [6.45, 7) is 3.24. The fourth-order valence-electron chi connectivity index (χ4n) is 2.30. The van der Waals surface area contributed by atoms with Crippen LogP contribution in [0, 0.1) is 5.92 Å². The van der Waals surface area contributed by atoms with Crippen molar-refractivity contribution < 1.29 is 9.90 Å². The zero-order valence-electron chi connectivity index (χ0n) is 10.6. The van der Waals surface area contributed by atoms with Crippen molar-refractivity contribution in [1.29, 1.82) is 0 Å². The number of aliphatic carboxylic acids is 1. The summed E-state index contributed by atoms with van der Waals surface area (Å²) in [5.74, 6) is -0.170. The molecule has 0 spiro atoms. The van der Waals surface area contributed by atoms with Crippen LogP contribution in [0.5, 0.6) is 0 Å². The maximum Gasteiger partial charge on any atom is 0.309 e. The van der Waals surface area contributed by atoms with E-state index in [1.165, 1.54) is 30.7 Å². The topological polar surface area (TPSA) is 65.5 Å². The van der Waals surface area contributed by atoms with Crippen LogP contribution in [-0.4, -0.2) is 47.6 Å². The normalized spacial score (nSPS) is 20.8. The van der Waals surface area contributed by atoms with Crippen molar-refractivity contribution in [3.63, 3.8) is 0 Å². The molecule has 1 aromatic rings. The van der Waals surface area contributed by atoms with Crippen LogP contribution < -0.4 is 5.32 Å². The van der Waals surface area contributed by atoms with E-state index in [1.807, 2.05) is 5.38 Å². The van der Waals surface area contributed by atoms with Crippen molar-refractivity contribution in [1.82, 2.24) is 9.88 Å². The minimum Gasteiger partial charge on any atom is -0.481 e. The van der Waals surface area contributed by atoms with Crippen molar-refractivity contribution in [2.75, 3.05) is 32.0 Å². The molecule has 0 bridgehead atoms. The van der Waals surface area contributed by atoms with Crippen molar-refractivity contribution in [2.24, 2.45) is 5.92 Å². The SMILES string of the molecule is CN1CCCC(CNc2nc(CC(=O)O)cs2)C1. The Bertz CT molecular complexity index is 408. The summed E-state index contributed by atoms with van der Waals surface area (Å²) in [6.07, 6.45) is 2.51. The number of carbonyl (C=O) groups is 1. The molecule has 0 aromatic carbocycles. The maximum absolute atomic E-state index is 10.6. The molecule has 18 heavy (non-hydrogen) atoms. The van der Waals surface area contributed by atoms with Crippen molar-refractivity contribution >= 4 is 22.4 Å². The van der Waals surface area contributed by atoms with Gasteiger partial charge in [-0.15, -0.1) is 11.3 Å². The smallest absolute Gasteiger partial charge is 0.309 e. The molecule has 6 heteroatoms. The first-order chi connectivity index (χ1) is 8.63. The lowest BCUT2D eigenvalue weighted by Gasteiger charge is -2.29. The first-order valence-electron chi connectivity index (χ1n) is 6.22. The molecule has 1 aliphatic rings. The summed E-state index contributed by atoms with van der Waals surface area (Å²) in [5.41, 5.74) is 0.635. The van der Waals surface area contributed by atoms with Gasteiger partial charge in [0.2, 0.25) is 0 Å². The lowest BCUT2D eigenvalue weighted by molar-refractivity contribution is -0.136. The Morgan fingerprint density at radius 2 is 2.56 bits per heavy atom. The van der Waals surface area contributed by atoms with Crippen LogP contribution in [-0.2, 0) is 11.2 Å². The molecule has 5 nitrogen and oxygen atoms in total. The number of hydrogen-bond donors (Lipinski definition) is 2. The summed E-state index contributed by atoms with van der Waals surface area (Å²) in [6, 6.07) is 0. The Morgan fingerprint density at radius 1 is 1.72 bits per heavy atom. The van der Waals surface area contributed by atoms with E-state index in [0.717, 1.165) is 18.2 Å². The number of nitrogens with zero attached hydrogens (tertiary/aromatic N) is 2. The predicted molar refractivity (Wildman–Crippen MR) is 72.2 cm³/mol. The van der Waals surface area contributed by atoms with Gasteiger partial charge in [0.1, 0.15) is 0 Å². The van der Waals surface area contributed by atoms with E-state index in [9.17, 15) is 4.79 Å². The van der Waals surface area contributed by atoms with E-state index >= 15 is 0 Å². The van der Waals surface area contributed by atoms with Gasteiger partial charge in [0.05, 0.1) is 12.1 Å². The highest BCUT2D eigenvalue weighted by molar-refractivity contribution is 7.13. The zero-order chi connectivity index (χ0) is 13.0. The fourth-order valence-corrected chi connectivity index (χ4v) is 3.02. The zero-order valence-corrected chi connectivity index (χ0v) is 11.4. The standard InChI is InChI=1S/C12H19N3O2S/c1-15-4-2-3-9(7-15)6-13-12-14-10(8-18-12)5-11(16)17/h8-9H,2-7H2,1H3,(H,13,14)(H,16,17). The van der Waals surface area contributed by atoms with Gasteiger partial charge in [-0.05, 0) is 32.4 Å². The molecule has 0 radical (unpaired) electrons. The molecule has 1 aromatic heterocycles. The van der Waals surface area contributed by atoms with Gasteiger partial charge < -0.3 is 15.3 Å². The van der Waals surface area contributed by atoms with Crippen LogP contribution in [0.25, 0.3) is 0 Å². The first-order valence-corrected chi connectivity index (χ1v) is 7.10. The number of rotatable bonds is 5. The third-order valence-electron chi connectivity index (χ3n) is 3.15. The number of aromatic nitrogens is 1. The fraction of sp³-hybridized carbons (Fsp3) is 0.667. The Morgan fingerprint density at radius 3 is 3.28 bits per heavy atom. The molecule has 1 fully saturated rings. The number of hydrogen-bond acceptors (Lipinski definition) is 5. The Hall–Kier alpha value is -1.14. The Labute approximate surface area is 111 Å². The first kappa shape index (κ1) is 13.3. The van der Waals surface area contributed by atoms with Gasteiger partial charge in [0, 0.05) is 18.5 Å². The third-order valence-corrected chi connectivity index (χ3v) is 4.00. The number of likely N-dealkylation sites (tertiary alicyclic amines) is 1. The van der Waals surface area contributed by atoms with Crippen LogP contribution in [0.3, 0.4) is 0 Å². The average molecular weight is 269 g/mol. The van der Waals surface area contributed by atoms with E-state index in [4.69, 9.17) is 5.11 Å². The highest BCUT2D eigenvalue weighted by Crippen LogP contribution is 2.19. The molecule has 2 heterocycles. The van der Waals surface area contributed by atoms with Gasteiger partial charge in [-0.2, -0.15) is 0 Å². The molecule has 2 rings (SSSR count). The number of carboxylic acids is 1. The van der Waals surface area contributed by atoms with Crippen LogP contribution in [0.1, 0.15) is 18.5 Å². The third kappa shape index (κ3) is 3.96. The van der Waals surface area contributed by atoms with Gasteiger partial charge in [0.25, 0.3) is 0 Å². The van der Waals surface area contributed by atoms with Crippen LogP contribution >= 0.6 is 11.3 Å².